The minimum Gasteiger partial charge on any atom is -0.351 e. The molecule has 0 aliphatic carbocycles. The van der Waals surface area contributed by atoms with Crippen LogP contribution in [0.15, 0.2) is 30.6 Å². The highest BCUT2D eigenvalue weighted by molar-refractivity contribution is 6.99. The van der Waals surface area contributed by atoms with Crippen molar-refractivity contribution >= 4 is 17.5 Å². The number of nitrogens with one attached hydrogen (secondary N) is 1. The Hall–Kier alpha value is -2.39. The molecule has 1 N–H and O–H groups in total. The zero-order chi connectivity index (χ0) is 14.8. The van der Waals surface area contributed by atoms with Crippen LogP contribution in [-0.2, 0) is 0 Å². The number of piperazine rings is 1. The van der Waals surface area contributed by atoms with Crippen LogP contribution in [0, 0.1) is 0 Å². The molecule has 1 saturated heterocycles. The van der Waals surface area contributed by atoms with E-state index in [0.29, 0.717) is 0 Å². The third-order valence-electron chi connectivity index (χ3n) is 3.64. The number of hydrogen-bond acceptors (Lipinski definition) is 8. The van der Waals surface area contributed by atoms with Gasteiger partial charge in [0.05, 0.1) is 17.4 Å². The molecule has 0 unspecified atom stereocenters. The number of anilines is 1. The maximum atomic E-state index is 4.48. The molecule has 0 radical (unpaired) electrons. The molecule has 0 bridgehead atoms. The van der Waals surface area contributed by atoms with Gasteiger partial charge in [0.2, 0.25) is 0 Å². The van der Waals surface area contributed by atoms with E-state index >= 15 is 0 Å². The summed E-state index contributed by atoms with van der Waals surface area (Å²) in [6, 6.07) is 8.01. The summed E-state index contributed by atoms with van der Waals surface area (Å²) in [5, 5.41) is 14.5. The van der Waals surface area contributed by atoms with Gasteiger partial charge in [-0.25, -0.2) is 4.68 Å². The zero-order valence-electron chi connectivity index (χ0n) is 11.8. The Morgan fingerprint density at radius 2 is 1.86 bits per heavy atom. The maximum Gasteiger partial charge on any atom is 0.170 e. The summed E-state index contributed by atoms with van der Waals surface area (Å²) in [6.07, 6.45) is 1.57. The predicted molar refractivity (Wildman–Crippen MR) is 83.1 cm³/mol. The van der Waals surface area contributed by atoms with Gasteiger partial charge in [0, 0.05) is 31.7 Å². The second-order valence-electron chi connectivity index (χ2n) is 4.97. The molecule has 22 heavy (non-hydrogen) atoms. The summed E-state index contributed by atoms with van der Waals surface area (Å²) in [7, 11) is 0. The van der Waals surface area contributed by atoms with Crippen LogP contribution in [0.1, 0.15) is 0 Å². The predicted octanol–water partition coefficient (Wildman–Crippen LogP) is 0.590. The largest absolute Gasteiger partial charge is 0.351 e. The monoisotopic (exact) mass is 314 g/mol. The Balaban J connectivity index is 1.63. The summed E-state index contributed by atoms with van der Waals surface area (Å²) in [5.41, 5.74) is 2.91. The van der Waals surface area contributed by atoms with Crippen molar-refractivity contribution in [2.24, 2.45) is 0 Å². The molecule has 1 aromatic carbocycles. The molecule has 4 rings (SSSR count). The molecule has 0 amide bonds. The Kier molecular flexibility index (Phi) is 3.49. The lowest BCUT2D eigenvalue weighted by atomic mass is 10.1. The normalized spacial score (nSPS) is 15.2. The van der Waals surface area contributed by atoms with Gasteiger partial charge in [-0.1, -0.05) is 12.1 Å². The Bertz CT molecular complexity index is 730. The van der Waals surface area contributed by atoms with Gasteiger partial charge < -0.3 is 10.2 Å². The van der Waals surface area contributed by atoms with Gasteiger partial charge in [0.25, 0.3) is 0 Å². The summed E-state index contributed by atoms with van der Waals surface area (Å²) < 4.78 is 10.6. The lowest BCUT2D eigenvalue weighted by molar-refractivity contribution is 0.586. The lowest BCUT2D eigenvalue weighted by Gasteiger charge is -2.27. The van der Waals surface area contributed by atoms with E-state index in [0.717, 1.165) is 48.9 Å². The van der Waals surface area contributed by atoms with Crippen LogP contribution in [-0.4, -0.2) is 55.1 Å². The van der Waals surface area contributed by atoms with Crippen molar-refractivity contribution in [3.05, 3.63) is 30.6 Å². The molecular weight excluding hydrogens is 300 g/mol. The molecule has 0 saturated carbocycles. The van der Waals surface area contributed by atoms with Gasteiger partial charge in [-0.15, -0.1) is 5.10 Å². The minimum atomic E-state index is 0.917. The van der Waals surface area contributed by atoms with Crippen molar-refractivity contribution in [2.75, 3.05) is 31.1 Å². The van der Waals surface area contributed by atoms with Crippen molar-refractivity contribution in [1.82, 2.24) is 34.3 Å². The first-order valence-corrected chi connectivity index (χ1v) is 7.77. The molecule has 0 spiro atoms. The summed E-state index contributed by atoms with van der Waals surface area (Å²) in [4.78, 5) is 2.28. The van der Waals surface area contributed by atoms with E-state index in [-0.39, 0.29) is 0 Å². The zero-order valence-corrected chi connectivity index (χ0v) is 12.6. The molecule has 0 atom stereocenters. The standard InChI is InChI=1S/C13H14N8S/c1-3-11(21-9-15-18-19-21)4-2-10(1)12-13(17-22-16-12)20-7-5-14-6-8-20/h1-4,9,14H,5-8H2. The van der Waals surface area contributed by atoms with E-state index < -0.39 is 0 Å². The molecule has 1 fully saturated rings. The van der Waals surface area contributed by atoms with Crippen LogP contribution in [0.3, 0.4) is 0 Å². The van der Waals surface area contributed by atoms with Crippen LogP contribution >= 0.6 is 11.7 Å². The molecule has 1 aliphatic heterocycles. The number of benzene rings is 1. The Morgan fingerprint density at radius 3 is 2.59 bits per heavy atom. The van der Waals surface area contributed by atoms with Crippen molar-refractivity contribution < 1.29 is 0 Å². The number of nitrogens with zero attached hydrogens (tertiary/aromatic N) is 7. The van der Waals surface area contributed by atoms with Crippen LogP contribution < -0.4 is 10.2 Å². The van der Waals surface area contributed by atoms with E-state index in [1.54, 1.807) is 11.0 Å². The smallest absolute Gasteiger partial charge is 0.170 e. The summed E-state index contributed by atoms with van der Waals surface area (Å²) in [6.45, 7) is 3.88. The van der Waals surface area contributed by atoms with E-state index in [1.165, 1.54) is 11.7 Å². The highest BCUT2D eigenvalue weighted by Gasteiger charge is 2.19. The third kappa shape index (κ3) is 2.44. The van der Waals surface area contributed by atoms with E-state index in [2.05, 4.69) is 34.5 Å². The molecule has 2 aromatic heterocycles. The van der Waals surface area contributed by atoms with Gasteiger partial charge in [0.15, 0.2) is 5.82 Å². The average Bonchev–Trinajstić information content (AvgIpc) is 3.28. The highest BCUT2D eigenvalue weighted by Crippen LogP contribution is 2.29. The molecule has 1 aliphatic rings. The fourth-order valence-electron chi connectivity index (χ4n) is 2.50. The first kappa shape index (κ1) is 13.3. The minimum absolute atomic E-state index is 0.917. The first-order chi connectivity index (χ1) is 10.9. The van der Waals surface area contributed by atoms with Gasteiger partial charge in [-0.2, -0.15) is 8.75 Å². The van der Waals surface area contributed by atoms with Crippen LogP contribution in [0.4, 0.5) is 5.82 Å². The van der Waals surface area contributed by atoms with Gasteiger partial charge in [0.1, 0.15) is 12.0 Å². The summed E-state index contributed by atoms with van der Waals surface area (Å²) in [5.74, 6) is 0.974. The van der Waals surface area contributed by atoms with E-state index in [9.17, 15) is 0 Å². The van der Waals surface area contributed by atoms with Crippen molar-refractivity contribution in [3.63, 3.8) is 0 Å². The maximum absolute atomic E-state index is 4.48. The number of tetrazole rings is 1. The number of hydrogen-bond donors (Lipinski definition) is 1. The molecular formula is C13H14N8S. The van der Waals surface area contributed by atoms with Crippen LogP contribution in [0.2, 0.25) is 0 Å². The lowest BCUT2D eigenvalue weighted by Crippen LogP contribution is -2.43. The summed E-state index contributed by atoms with van der Waals surface area (Å²) >= 11 is 1.26. The highest BCUT2D eigenvalue weighted by atomic mass is 32.1. The molecule has 3 aromatic rings. The van der Waals surface area contributed by atoms with Gasteiger partial charge >= 0.3 is 0 Å². The molecule has 112 valence electrons. The second kappa shape index (κ2) is 5.78. The van der Waals surface area contributed by atoms with E-state index in [4.69, 9.17) is 0 Å². The average molecular weight is 314 g/mol. The van der Waals surface area contributed by atoms with Crippen LogP contribution in [0.5, 0.6) is 0 Å². The number of aromatic nitrogens is 6. The first-order valence-electron chi connectivity index (χ1n) is 7.04. The second-order valence-corrected chi connectivity index (χ2v) is 5.50. The van der Waals surface area contributed by atoms with Gasteiger partial charge in [-0.05, 0) is 22.6 Å². The fourth-order valence-corrected chi connectivity index (χ4v) is 3.09. The topological polar surface area (TPSA) is 84.6 Å². The molecule has 3 heterocycles. The van der Waals surface area contributed by atoms with Crippen molar-refractivity contribution in [2.45, 2.75) is 0 Å². The molecule has 9 heteroatoms. The Morgan fingerprint density at radius 1 is 1.05 bits per heavy atom. The SMILES string of the molecule is c1cc(-n2cnnn2)ccc1-c1nsnc1N1CCNCC1. The Labute approximate surface area is 131 Å². The fraction of sp³-hybridized carbons (Fsp3) is 0.308. The number of rotatable bonds is 3. The third-order valence-corrected chi connectivity index (χ3v) is 4.16. The van der Waals surface area contributed by atoms with Crippen molar-refractivity contribution in [3.8, 4) is 16.9 Å². The van der Waals surface area contributed by atoms with Crippen LogP contribution in [0.25, 0.3) is 16.9 Å². The van der Waals surface area contributed by atoms with Crippen molar-refractivity contribution in [1.29, 1.82) is 0 Å². The van der Waals surface area contributed by atoms with Gasteiger partial charge in [-0.3, -0.25) is 0 Å². The molecule has 8 nitrogen and oxygen atoms in total. The van der Waals surface area contributed by atoms with E-state index in [1.807, 2.05) is 24.3 Å². The quantitative estimate of drug-likeness (QED) is 0.757.